The molecular formula is C28H30ClF6N3O2. The Balaban J connectivity index is 1.66. The average Bonchev–Trinajstić information content (AvgIpc) is 2.90. The van der Waals surface area contributed by atoms with Crippen molar-refractivity contribution in [2.24, 2.45) is 0 Å². The Kier molecular flexibility index (Phi) is 9.34. The number of hydrogen-bond donors (Lipinski definition) is 2. The van der Waals surface area contributed by atoms with Gasteiger partial charge in [0.2, 0.25) is 0 Å². The monoisotopic (exact) mass is 589 g/mol. The number of carbonyl (C=O) groups is 2. The normalized spacial score (nSPS) is 20.7. The number of halogens is 7. The van der Waals surface area contributed by atoms with Crippen LogP contribution in [-0.4, -0.2) is 41.5 Å². The molecule has 1 aliphatic heterocycles. The first-order valence-corrected chi connectivity index (χ1v) is 13.6. The lowest BCUT2D eigenvalue weighted by Crippen LogP contribution is -2.56. The van der Waals surface area contributed by atoms with E-state index >= 15 is 0 Å². The van der Waals surface area contributed by atoms with Gasteiger partial charge in [-0.05, 0) is 74.5 Å². The van der Waals surface area contributed by atoms with Gasteiger partial charge in [0.05, 0.1) is 11.1 Å². The largest absolute Gasteiger partial charge is 0.416 e. The highest BCUT2D eigenvalue weighted by molar-refractivity contribution is 6.30. The number of hydrogen-bond acceptors (Lipinski definition) is 3. The molecule has 1 heterocycles. The van der Waals surface area contributed by atoms with E-state index in [1.165, 1.54) is 0 Å². The summed E-state index contributed by atoms with van der Waals surface area (Å²) in [6.07, 6.45) is -5.03. The Morgan fingerprint density at radius 3 is 2.08 bits per heavy atom. The number of alkyl halides is 6. The zero-order valence-electron chi connectivity index (χ0n) is 21.5. The van der Waals surface area contributed by atoms with Crippen LogP contribution in [0.3, 0.4) is 0 Å². The summed E-state index contributed by atoms with van der Waals surface area (Å²) < 4.78 is 81.1. The first-order valence-electron chi connectivity index (χ1n) is 13.2. The lowest BCUT2D eigenvalue weighted by atomic mass is 9.92. The highest BCUT2D eigenvalue weighted by Gasteiger charge is 2.40. The fourth-order valence-corrected chi connectivity index (χ4v) is 5.54. The van der Waals surface area contributed by atoms with Gasteiger partial charge in [-0.15, -0.1) is 0 Å². The molecule has 2 unspecified atom stereocenters. The molecule has 1 aliphatic carbocycles. The lowest BCUT2D eigenvalue weighted by Gasteiger charge is -2.38. The third kappa shape index (κ3) is 7.69. The van der Waals surface area contributed by atoms with E-state index in [-0.39, 0.29) is 24.6 Å². The van der Waals surface area contributed by atoms with Crippen molar-refractivity contribution in [1.29, 1.82) is 0 Å². The molecule has 2 aromatic rings. The minimum absolute atomic E-state index is 0.0319. The van der Waals surface area contributed by atoms with Crippen LogP contribution < -0.4 is 10.6 Å². The minimum Gasteiger partial charge on any atom is -0.335 e. The van der Waals surface area contributed by atoms with Gasteiger partial charge in [0, 0.05) is 28.7 Å². The fourth-order valence-electron chi connectivity index (χ4n) is 5.41. The number of nitrogens with one attached hydrogen (secondary N) is 2. The first-order chi connectivity index (χ1) is 18.8. The SMILES string of the molecule is O=C(NC1CCCCC1)N(C(=O)c1cc(C(F)(F)F)cc(C(F)(F)F)c1)C1CCNC(Cc2ccc(Cl)cc2)C1. The number of rotatable bonds is 5. The minimum atomic E-state index is -5.12. The predicted molar refractivity (Wildman–Crippen MR) is 138 cm³/mol. The van der Waals surface area contributed by atoms with Crippen LogP contribution in [0, 0.1) is 0 Å². The number of amides is 3. The van der Waals surface area contributed by atoms with Gasteiger partial charge in [-0.1, -0.05) is 43.0 Å². The van der Waals surface area contributed by atoms with E-state index in [1.54, 1.807) is 12.1 Å². The molecule has 0 radical (unpaired) electrons. The predicted octanol–water partition coefficient (Wildman–Crippen LogP) is 7.23. The summed E-state index contributed by atoms with van der Waals surface area (Å²) in [5.41, 5.74) is -3.11. The van der Waals surface area contributed by atoms with Crippen molar-refractivity contribution >= 4 is 23.5 Å². The van der Waals surface area contributed by atoms with Crippen LogP contribution in [-0.2, 0) is 18.8 Å². The van der Waals surface area contributed by atoms with Gasteiger partial charge in [0.25, 0.3) is 5.91 Å². The molecule has 2 atom stereocenters. The van der Waals surface area contributed by atoms with E-state index in [9.17, 15) is 35.9 Å². The zero-order chi connectivity index (χ0) is 29.1. The Morgan fingerprint density at radius 1 is 0.900 bits per heavy atom. The molecule has 12 heteroatoms. The summed E-state index contributed by atoms with van der Waals surface area (Å²) >= 11 is 5.96. The maximum absolute atomic E-state index is 13.7. The van der Waals surface area contributed by atoms with Crippen molar-refractivity contribution in [3.63, 3.8) is 0 Å². The Bertz CT molecular complexity index is 1160. The molecule has 218 valence electrons. The van der Waals surface area contributed by atoms with Crippen LogP contribution in [0.2, 0.25) is 5.02 Å². The molecule has 2 aromatic carbocycles. The first kappa shape index (κ1) is 30.2. The molecule has 1 saturated carbocycles. The zero-order valence-corrected chi connectivity index (χ0v) is 22.3. The third-order valence-electron chi connectivity index (χ3n) is 7.43. The number of benzene rings is 2. The van der Waals surface area contributed by atoms with Crippen molar-refractivity contribution < 1.29 is 35.9 Å². The standard InChI is InChI=1S/C28H30ClF6N3O2/c29-21-8-6-17(7-9-21)12-23-16-24(10-11-36-23)38(26(40)37-22-4-2-1-3-5-22)25(39)18-13-19(27(30,31)32)15-20(14-18)28(33,34)35/h6-9,13-15,22-24,36H,1-5,10-12,16H2,(H,37,40). The van der Waals surface area contributed by atoms with Crippen molar-refractivity contribution in [2.45, 2.75) is 81.8 Å². The van der Waals surface area contributed by atoms with Crippen LogP contribution in [0.1, 0.15) is 72.0 Å². The summed E-state index contributed by atoms with van der Waals surface area (Å²) in [5.74, 6) is -1.19. The summed E-state index contributed by atoms with van der Waals surface area (Å²) in [6, 6.07) is 5.92. The van der Waals surface area contributed by atoms with E-state index in [1.807, 2.05) is 12.1 Å². The van der Waals surface area contributed by atoms with Crippen molar-refractivity contribution in [3.05, 3.63) is 69.7 Å². The van der Waals surface area contributed by atoms with Gasteiger partial charge in [0.15, 0.2) is 0 Å². The summed E-state index contributed by atoms with van der Waals surface area (Å²) in [4.78, 5) is 28.0. The van der Waals surface area contributed by atoms with Crippen molar-refractivity contribution in [1.82, 2.24) is 15.5 Å². The van der Waals surface area contributed by atoms with Gasteiger partial charge >= 0.3 is 18.4 Å². The van der Waals surface area contributed by atoms with Crippen LogP contribution in [0.25, 0.3) is 0 Å². The van der Waals surface area contributed by atoms with Crippen LogP contribution in [0.5, 0.6) is 0 Å². The Labute approximate surface area is 233 Å². The second kappa shape index (κ2) is 12.4. The van der Waals surface area contributed by atoms with Crippen LogP contribution in [0.15, 0.2) is 42.5 Å². The lowest BCUT2D eigenvalue weighted by molar-refractivity contribution is -0.143. The molecule has 2 aliphatic rings. The van der Waals surface area contributed by atoms with E-state index < -0.39 is 47.0 Å². The number of urea groups is 1. The van der Waals surface area contributed by atoms with E-state index in [2.05, 4.69) is 10.6 Å². The van der Waals surface area contributed by atoms with Crippen molar-refractivity contribution in [3.8, 4) is 0 Å². The van der Waals surface area contributed by atoms with E-state index in [0.717, 1.165) is 29.7 Å². The number of carbonyl (C=O) groups excluding carboxylic acids is 2. The smallest absolute Gasteiger partial charge is 0.335 e. The molecule has 2 N–H and O–H groups in total. The van der Waals surface area contributed by atoms with Gasteiger partial charge in [-0.3, -0.25) is 9.69 Å². The van der Waals surface area contributed by atoms with E-state index in [4.69, 9.17) is 11.6 Å². The summed E-state index contributed by atoms with van der Waals surface area (Å²) in [5, 5.41) is 6.70. The highest BCUT2D eigenvalue weighted by Crippen LogP contribution is 2.37. The summed E-state index contributed by atoms with van der Waals surface area (Å²) in [6.45, 7) is 0.403. The molecule has 4 rings (SSSR count). The number of imide groups is 1. The highest BCUT2D eigenvalue weighted by atomic mass is 35.5. The molecule has 1 saturated heterocycles. The topological polar surface area (TPSA) is 61.4 Å². The molecule has 5 nitrogen and oxygen atoms in total. The average molecular weight is 590 g/mol. The van der Waals surface area contributed by atoms with Gasteiger partial charge in [-0.25, -0.2) is 4.79 Å². The number of nitrogens with zero attached hydrogens (tertiary/aromatic N) is 1. The second-order valence-corrected chi connectivity index (χ2v) is 10.9. The molecular weight excluding hydrogens is 560 g/mol. The second-order valence-electron chi connectivity index (χ2n) is 10.4. The van der Waals surface area contributed by atoms with Crippen molar-refractivity contribution in [2.75, 3.05) is 6.54 Å². The number of piperidine rings is 1. The maximum atomic E-state index is 13.7. The Morgan fingerprint density at radius 2 is 1.50 bits per heavy atom. The molecule has 0 aromatic heterocycles. The van der Waals surface area contributed by atoms with Crippen LogP contribution >= 0.6 is 11.6 Å². The fraction of sp³-hybridized carbons (Fsp3) is 0.500. The van der Waals surface area contributed by atoms with Gasteiger partial charge in [0.1, 0.15) is 0 Å². The molecule has 0 spiro atoms. The van der Waals surface area contributed by atoms with E-state index in [0.29, 0.717) is 49.4 Å². The quantitative estimate of drug-likeness (QED) is 0.362. The van der Waals surface area contributed by atoms with Crippen LogP contribution in [0.4, 0.5) is 31.1 Å². The molecule has 3 amide bonds. The van der Waals surface area contributed by atoms with Gasteiger partial charge in [-0.2, -0.15) is 26.3 Å². The Hall–Kier alpha value is -2.79. The molecule has 40 heavy (non-hydrogen) atoms. The molecule has 0 bridgehead atoms. The van der Waals surface area contributed by atoms with Gasteiger partial charge < -0.3 is 10.6 Å². The maximum Gasteiger partial charge on any atom is 0.416 e. The summed E-state index contributed by atoms with van der Waals surface area (Å²) in [7, 11) is 0. The third-order valence-corrected chi connectivity index (χ3v) is 7.68. The molecule has 2 fully saturated rings.